The van der Waals surface area contributed by atoms with Gasteiger partial charge in [-0.25, -0.2) is 4.98 Å². The molecule has 0 unspecified atom stereocenters. The number of hydrogen-bond acceptors (Lipinski definition) is 5. The maximum atomic E-state index is 12.9. The molecule has 1 saturated carbocycles. The van der Waals surface area contributed by atoms with Crippen LogP contribution in [0.2, 0.25) is 0 Å². The van der Waals surface area contributed by atoms with Gasteiger partial charge in [-0.1, -0.05) is 12.8 Å². The summed E-state index contributed by atoms with van der Waals surface area (Å²) in [6.45, 7) is 1.46. The van der Waals surface area contributed by atoms with Crippen LogP contribution >= 0.6 is 0 Å². The lowest BCUT2D eigenvalue weighted by atomic mass is 10.1. The third-order valence-corrected chi connectivity index (χ3v) is 5.84. The molecule has 2 fully saturated rings. The molecule has 1 aliphatic carbocycles. The first-order valence-electron chi connectivity index (χ1n) is 9.94. The van der Waals surface area contributed by atoms with Gasteiger partial charge < -0.3 is 19.7 Å². The zero-order valence-corrected chi connectivity index (χ0v) is 15.8. The maximum Gasteiger partial charge on any atom is 0.256 e. The van der Waals surface area contributed by atoms with E-state index in [1.54, 1.807) is 7.11 Å². The largest absolute Gasteiger partial charge is 0.481 e. The van der Waals surface area contributed by atoms with E-state index < -0.39 is 0 Å². The third-order valence-electron chi connectivity index (χ3n) is 5.84. The van der Waals surface area contributed by atoms with Gasteiger partial charge in [-0.3, -0.25) is 9.59 Å². The molecule has 146 valence electrons. The van der Waals surface area contributed by atoms with E-state index in [1.165, 1.54) is 12.8 Å². The van der Waals surface area contributed by atoms with Crippen LogP contribution in [0, 0.1) is 0 Å². The van der Waals surface area contributed by atoms with Crippen LogP contribution in [0.3, 0.4) is 0 Å². The second-order valence-electron chi connectivity index (χ2n) is 7.60. The number of hydrogen-bond donors (Lipinski definition) is 1. The zero-order chi connectivity index (χ0) is 18.8. The molecule has 1 saturated heterocycles. The molecule has 0 bridgehead atoms. The van der Waals surface area contributed by atoms with E-state index in [2.05, 4.69) is 10.3 Å². The van der Waals surface area contributed by atoms with Crippen molar-refractivity contribution in [1.82, 2.24) is 15.2 Å². The van der Waals surface area contributed by atoms with Crippen molar-refractivity contribution in [2.75, 3.05) is 13.7 Å². The Bertz CT molecular complexity index is 724. The summed E-state index contributed by atoms with van der Waals surface area (Å²) >= 11 is 0. The Morgan fingerprint density at radius 2 is 2.07 bits per heavy atom. The summed E-state index contributed by atoms with van der Waals surface area (Å²) in [6.07, 6.45) is 6.89. The standard InChI is InChI=1S/C20H27N3O4/c1-26-19-13(11-21-18(24)17-8-4-5-9-27-17)10-15-16(22-19)12-23(20(15)25)14-6-2-3-7-14/h10,14,17H,2-9,11-12H2,1H3,(H,21,24)/t17-/m1/s1. The molecule has 0 spiro atoms. The summed E-state index contributed by atoms with van der Waals surface area (Å²) in [5, 5.41) is 2.91. The van der Waals surface area contributed by atoms with E-state index in [0.29, 0.717) is 30.6 Å². The first kappa shape index (κ1) is 18.2. The lowest BCUT2D eigenvalue weighted by Crippen LogP contribution is -2.38. The van der Waals surface area contributed by atoms with Crippen molar-refractivity contribution in [3.8, 4) is 5.88 Å². The Labute approximate surface area is 159 Å². The molecule has 2 aliphatic heterocycles. The van der Waals surface area contributed by atoms with E-state index in [0.717, 1.165) is 43.4 Å². The van der Waals surface area contributed by atoms with Gasteiger partial charge >= 0.3 is 0 Å². The van der Waals surface area contributed by atoms with Crippen molar-refractivity contribution < 1.29 is 19.1 Å². The number of carbonyl (C=O) groups excluding carboxylic acids is 2. The number of fused-ring (bicyclic) bond motifs is 1. The van der Waals surface area contributed by atoms with Crippen LogP contribution in [0.25, 0.3) is 0 Å². The molecule has 1 N–H and O–H groups in total. The Balaban J connectivity index is 1.47. The molecule has 3 heterocycles. The molecule has 1 aromatic rings. The summed E-state index contributed by atoms with van der Waals surface area (Å²) in [4.78, 5) is 31.7. The van der Waals surface area contributed by atoms with Crippen LogP contribution < -0.4 is 10.1 Å². The van der Waals surface area contributed by atoms with Gasteiger partial charge in [-0.15, -0.1) is 0 Å². The van der Waals surface area contributed by atoms with Gasteiger partial charge in [0.1, 0.15) is 6.10 Å². The predicted molar refractivity (Wildman–Crippen MR) is 98.4 cm³/mol. The van der Waals surface area contributed by atoms with Gasteiger partial charge in [0.25, 0.3) is 5.91 Å². The number of methoxy groups -OCH3 is 1. The smallest absolute Gasteiger partial charge is 0.256 e. The molecule has 1 atom stereocenters. The van der Waals surface area contributed by atoms with Crippen molar-refractivity contribution in [2.45, 2.75) is 70.2 Å². The number of ether oxygens (including phenoxy) is 2. The molecule has 0 aromatic carbocycles. The van der Waals surface area contributed by atoms with Crippen molar-refractivity contribution in [3.63, 3.8) is 0 Å². The minimum atomic E-state index is -0.383. The third kappa shape index (κ3) is 3.65. The normalized spacial score (nSPS) is 22.8. The Morgan fingerprint density at radius 1 is 1.30 bits per heavy atom. The highest BCUT2D eigenvalue weighted by molar-refractivity contribution is 5.98. The fraction of sp³-hybridized carbons (Fsp3) is 0.650. The molecule has 27 heavy (non-hydrogen) atoms. The molecule has 7 nitrogen and oxygen atoms in total. The van der Waals surface area contributed by atoms with Crippen LogP contribution in [-0.2, 0) is 22.6 Å². The van der Waals surface area contributed by atoms with Crippen LogP contribution in [0.4, 0.5) is 0 Å². The summed E-state index contributed by atoms with van der Waals surface area (Å²) in [5.74, 6) is 0.408. The second kappa shape index (κ2) is 7.84. The van der Waals surface area contributed by atoms with E-state index in [4.69, 9.17) is 9.47 Å². The molecular weight excluding hydrogens is 346 g/mol. The Hall–Kier alpha value is -2.15. The number of carbonyl (C=O) groups is 2. The molecular formula is C20H27N3O4. The maximum absolute atomic E-state index is 12.9. The predicted octanol–water partition coefficient (Wildman–Crippen LogP) is 2.17. The molecule has 1 aromatic heterocycles. The number of aromatic nitrogens is 1. The topological polar surface area (TPSA) is 80.8 Å². The zero-order valence-electron chi connectivity index (χ0n) is 15.8. The minimum absolute atomic E-state index is 0.0512. The van der Waals surface area contributed by atoms with Gasteiger partial charge in [0.15, 0.2) is 0 Å². The quantitative estimate of drug-likeness (QED) is 0.856. The van der Waals surface area contributed by atoms with Crippen molar-refractivity contribution in [1.29, 1.82) is 0 Å². The summed E-state index contributed by atoms with van der Waals surface area (Å²) < 4.78 is 10.9. The lowest BCUT2D eigenvalue weighted by molar-refractivity contribution is -0.135. The van der Waals surface area contributed by atoms with E-state index in [-0.39, 0.29) is 24.5 Å². The Morgan fingerprint density at radius 3 is 2.78 bits per heavy atom. The van der Waals surface area contributed by atoms with Crippen LogP contribution in [0.5, 0.6) is 5.88 Å². The summed E-state index contributed by atoms with van der Waals surface area (Å²) in [6, 6.07) is 2.16. The molecule has 4 rings (SSSR count). The van der Waals surface area contributed by atoms with E-state index in [1.807, 2.05) is 11.0 Å². The van der Waals surface area contributed by atoms with Crippen LogP contribution in [-0.4, -0.2) is 47.6 Å². The molecule has 2 amide bonds. The SMILES string of the molecule is COc1nc2c(cc1CNC(=O)[C@H]1CCCCO1)C(=O)N(C1CCCC1)C2. The van der Waals surface area contributed by atoms with Gasteiger partial charge in [-0.2, -0.15) is 0 Å². The fourth-order valence-electron chi connectivity index (χ4n) is 4.33. The molecule has 0 radical (unpaired) electrons. The molecule has 3 aliphatic rings. The van der Waals surface area contributed by atoms with Crippen LogP contribution in [0.1, 0.15) is 66.6 Å². The van der Waals surface area contributed by atoms with E-state index in [9.17, 15) is 9.59 Å². The van der Waals surface area contributed by atoms with Crippen LogP contribution in [0.15, 0.2) is 6.07 Å². The summed E-state index contributed by atoms with van der Waals surface area (Å²) in [7, 11) is 1.57. The first-order chi connectivity index (χ1) is 13.2. The number of rotatable bonds is 5. The number of nitrogens with zero attached hydrogens (tertiary/aromatic N) is 2. The lowest BCUT2D eigenvalue weighted by Gasteiger charge is -2.22. The van der Waals surface area contributed by atoms with Crippen molar-refractivity contribution in [3.05, 3.63) is 22.9 Å². The average Bonchev–Trinajstić information content (AvgIpc) is 3.34. The number of amides is 2. The fourth-order valence-corrected chi connectivity index (χ4v) is 4.33. The first-order valence-corrected chi connectivity index (χ1v) is 9.94. The second-order valence-corrected chi connectivity index (χ2v) is 7.60. The molecule has 7 heteroatoms. The number of pyridine rings is 1. The minimum Gasteiger partial charge on any atom is -0.481 e. The van der Waals surface area contributed by atoms with Gasteiger partial charge in [0.05, 0.1) is 24.9 Å². The highest BCUT2D eigenvalue weighted by Crippen LogP contribution is 2.33. The summed E-state index contributed by atoms with van der Waals surface area (Å²) in [5.41, 5.74) is 2.14. The van der Waals surface area contributed by atoms with Gasteiger partial charge in [0.2, 0.25) is 11.8 Å². The van der Waals surface area contributed by atoms with Crippen molar-refractivity contribution in [2.24, 2.45) is 0 Å². The highest BCUT2D eigenvalue weighted by Gasteiger charge is 2.36. The monoisotopic (exact) mass is 373 g/mol. The van der Waals surface area contributed by atoms with Crippen molar-refractivity contribution >= 4 is 11.8 Å². The van der Waals surface area contributed by atoms with E-state index >= 15 is 0 Å². The average molecular weight is 373 g/mol. The highest BCUT2D eigenvalue weighted by atomic mass is 16.5. The Kier molecular flexibility index (Phi) is 5.29. The van der Waals surface area contributed by atoms with Gasteiger partial charge in [0, 0.05) is 24.8 Å². The number of nitrogens with one attached hydrogen (secondary N) is 1. The van der Waals surface area contributed by atoms with Gasteiger partial charge in [-0.05, 0) is 38.2 Å².